The quantitative estimate of drug-likeness (QED) is 0.516. The maximum absolute atomic E-state index is 12.5. The molecule has 2 aromatic carbocycles. The van der Waals surface area contributed by atoms with Crippen LogP contribution in [0.3, 0.4) is 0 Å². The SMILES string of the molecule is CSc1ccc(/C=C2/NC(=O)N(c3cccc(Cl)c3)C2=O)cc1. The molecule has 4 nitrogen and oxygen atoms in total. The molecule has 3 amide bonds. The summed E-state index contributed by atoms with van der Waals surface area (Å²) in [4.78, 5) is 26.8. The van der Waals surface area contributed by atoms with Gasteiger partial charge in [0.25, 0.3) is 5.91 Å². The Bertz CT molecular complexity index is 802. The van der Waals surface area contributed by atoms with Crippen molar-refractivity contribution < 1.29 is 9.59 Å². The maximum atomic E-state index is 12.5. The van der Waals surface area contributed by atoms with Gasteiger partial charge in [-0.3, -0.25) is 4.79 Å². The second-order valence-electron chi connectivity index (χ2n) is 4.88. The fourth-order valence-electron chi connectivity index (χ4n) is 2.25. The average molecular weight is 345 g/mol. The molecule has 23 heavy (non-hydrogen) atoms. The number of carbonyl (C=O) groups excluding carboxylic acids is 2. The molecule has 116 valence electrons. The van der Waals surface area contributed by atoms with E-state index >= 15 is 0 Å². The van der Waals surface area contributed by atoms with Crippen molar-refractivity contribution in [1.82, 2.24) is 5.32 Å². The number of imide groups is 1. The number of hydrogen-bond donors (Lipinski definition) is 1. The fourth-order valence-corrected chi connectivity index (χ4v) is 2.84. The first kappa shape index (κ1) is 15.6. The smallest absolute Gasteiger partial charge is 0.302 e. The van der Waals surface area contributed by atoms with Crippen LogP contribution in [0.4, 0.5) is 10.5 Å². The van der Waals surface area contributed by atoms with Crippen molar-refractivity contribution >= 4 is 47.1 Å². The van der Waals surface area contributed by atoms with Crippen LogP contribution >= 0.6 is 23.4 Å². The number of rotatable bonds is 3. The third-order valence-corrected chi connectivity index (χ3v) is 4.35. The summed E-state index contributed by atoms with van der Waals surface area (Å²) in [7, 11) is 0. The van der Waals surface area contributed by atoms with E-state index < -0.39 is 11.9 Å². The lowest BCUT2D eigenvalue weighted by atomic mass is 10.2. The second kappa shape index (κ2) is 6.48. The Kier molecular flexibility index (Phi) is 4.41. The van der Waals surface area contributed by atoms with Gasteiger partial charge in [0.15, 0.2) is 0 Å². The molecule has 0 aliphatic carbocycles. The lowest BCUT2D eigenvalue weighted by Crippen LogP contribution is -2.30. The average Bonchev–Trinajstić information content (AvgIpc) is 2.82. The highest BCUT2D eigenvalue weighted by Gasteiger charge is 2.34. The van der Waals surface area contributed by atoms with Crippen molar-refractivity contribution in [1.29, 1.82) is 0 Å². The summed E-state index contributed by atoms with van der Waals surface area (Å²) in [6, 6.07) is 13.9. The number of nitrogens with one attached hydrogen (secondary N) is 1. The predicted octanol–water partition coefficient (Wildman–Crippen LogP) is 4.16. The van der Waals surface area contributed by atoms with Gasteiger partial charge in [-0.05, 0) is 48.2 Å². The normalized spacial score (nSPS) is 16.1. The molecule has 1 aliphatic heterocycles. The fraction of sp³-hybridized carbons (Fsp3) is 0.0588. The van der Waals surface area contributed by atoms with Crippen molar-refractivity contribution in [3.63, 3.8) is 0 Å². The van der Waals surface area contributed by atoms with Crippen molar-refractivity contribution in [2.24, 2.45) is 0 Å². The third kappa shape index (κ3) is 3.25. The van der Waals surface area contributed by atoms with E-state index in [1.807, 2.05) is 30.5 Å². The number of carbonyl (C=O) groups is 2. The van der Waals surface area contributed by atoms with E-state index in [0.29, 0.717) is 10.7 Å². The predicted molar refractivity (Wildman–Crippen MR) is 93.7 cm³/mol. The van der Waals surface area contributed by atoms with Gasteiger partial charge in [-0.25, -0.2) is 9.69 Å². The zero-order valence-electron chi connectivity index (χ0n) is 12.2. The molecule has 0 saturated carbocycles. The van der Waals surface area contributed by atoms with Crippen LogP contribution in [0.5, 0.6) is 0 Å². The molecule has 2 aromatic rings. The Morgan fingerprint density at radius 2 is 1.87 bits per heavy atom. The van der Waals surface area contributed by atoms with Crippen molar-refractivity contribution in [2.75, 3.05) is 11.2 Å². The van der Waals surface area contributed by atoms with Gasteiger partial charge in [-0.15, -0.1) is 11.8 Å². The van der Waals surface area contributed by atoms with Gasteiger partial charge in [0, 0.05) is 9.92 Å². The summed E-state index contributed by atoms with van der Waals surface area (Å²) in [5.41, 5.74) is 1.53. The summed E-state index contributed by atoms with van der Waals surface area (Å²) in [6.45, 7) is 0. The number of anilines is 1. The van der Waals surface area contributed by atoms with Crippen LogP contribution in [0.25, 0.3) is 6.08 Å². The van der Waals surface area contributed by atoms with Crippen LogP contribution in [-0.4, -0.2) is 18.2 Å². The minimum atomic E-state index is -0.482. The van der Waals surface area contributed by atoms with E-state index in [1.165, 1.54) is 0 Å². The molecule has 0 aromatic heterocycles. The zero-order chi connectivity index (χ0) is 16.4. The van der Waals surface area contributed by atoms with Gasteiger partial charge < -0.3 is 5.32 Å². The third-order valence-electron chi connectivity index (χ3n) is 3.37. The summed E-state index contributed by atoms with van der Waals surface area (Å²) < 4.78 is 0. The highest BCUT2D eigenvalue weighted by Crippen LogP contribution is 2.25. The molecule has 6 heteroatoms. The number of thioether (sulfide) groups is 1. The van der Waals surface area contributed by atoms with Crippen LogP contribution in [0.1, 0.15) is 5.56 Å². The van der Waals surface area contributed by atoms with Gasteiger partial charge in [-0.2, -0.15) is 0 Å². The van der Waals surface area contributed by atoms with E-state index in [-0.39, 0.29) is 5.70 Å². The van der Waals surface area contributed by atoms with Crippen LogP contribution < -0.4 is 10.2 Å². The molecule has 0 radical (unpaired) electrons. The summed E-state index contributed by atoms with van der Waals surface area (Å²) in [6.07, 6.45) is 3.66. The highest BCUT2D eigenvalue weighted by molar-refractivity contribution is 7.98. The number of amides is 3. The topological polar surface area (TPSA) is 49.4 Å². The molecule has 1 fully saturated rings. The number of hydrogen-bond acceptors (Lipinski definition) is 3. The first-order valence-corrected chi connectivity index (χ1v) is 8.45. The largest absolute Gasteiger partial charge is 0.333 e. The molecule has 1 aliphatic rings. The van der Waals surface area contributed by atoms with Crippen molar-refractivity contribution in [3.8, 4) is 0 Å². The number of benzene rings is 2. The molecule has 3 rings (SSSR count). The first-order valence-electron chi connectivity index (χ1n) is 6.85. The van der Waals surface area contributed by atoms with E-state index in [4.69, 9.17) is 11.6 Å². The van der Waals surface area contributed by atoms with Crippen LogP contribution in [0.2, 0.25) is 5.02 Å². The number of urea groups is 1. The molecular formula is C17H13ClN2O2S. The van der Waals surface area contributed by atoms with Gasteiger partial charge in [0.1, 0.15) is 5.70 Å². The van der Waals surface area contributed by atoms with Crippen molar-refractivity contribution in [3.05, 3.63) is 64.8 Å². The van der Waals surface area contributed by atoms with Crippen LogP contribution in [0.15, 0.2) is 59.1 Å². The maximum Gasteiger partial charge on any atom is 0.333 e. The number of nitrogens with zero attached hydrogens (tertiary/aromatic N) is 1. The Labute approximate surface area is 143 Å². The molecule has 0 unspecified atom stereocenters. The van der Waals surface area contributed by atoms with Gasteiger partial charge in [-0.1, -0.05) is 29.8 Å². The zero-order valence-corrected chi connectivity index (χ0v) is 13.8. The minimum absolute atomic E-state index is 0.242. The standard InChI is InChI=1S/C17H13ClN2O2S/c1-23-14-7-5-11(6-8-14)9-15-16(21)20(17(22)19-15)13-4-2-3-12(18)10-13/h2-10H,1H3,(H,19,22)/b15-9+. The molecule has 0 spiro atoms. The van der Waals surface area contributed by atoms with Gasteiger partial charge in [0.05, 0.1) is 5.69 Å². The Hall–Kier alpha value is -2.24. The van der Waals surface area contributed by atoms with Gasteiger partial charge in [0.2, 0.25) is 0 Å². The van der Waals surface area contributed by atoms with E-state index in [9.17, 15) is 9.59 Å². The Morgan fingerprint density at radius 1 is 1.13 bits per heavy atom. The van der Waals surface area contributed by atoms with E-state index in [0.717, 1.165) is 15.4 Å². The molecule has 1 heterocycles. The van der Waals surface area contributed by atoms with Crippen LogP contribution in [-0.2, 0) is 4.79 Å². The number of halogens is 1. The van der Waals surface area contributed by atoms with E-state index in [1.54, 1.807) is 42.1 Å². The first-order chi connectivity index (χ1) is 11.1. The Morgan fingerprint density at radius 3 is 2.52 bits per heavy atom. The molecular weight excluding hydrogens is 332 g/mol. The van der Waals surface area contributed by atoms with Crippen LogP contribution in [0, 0.1) is 0 Å². The molecule has 1 saturated heterocycles. The molecule has 0 bridgehead atoms. The minimum Gasteiger partial charge on any atom is -0.302 e. The summed E-state index contributed by atoms with van der Waals surface area (Å²) in [5, 5.41) is 3.06. The lowest BCUT2D eigenvalue weighted by Gasteiger charge is -2.11. The Balaban J connectivity index is 1.89. The second-order valence-corrected chi connectivity index (χ2v) is 6.20. The van der Waals surface area contributed by atoms with Crippen molar-refractivity contribution in [2.45, 2.75) is 4.90 Å². The molecule has 0 atom stereocenters. The van der Waals surface area contributed by atoms with E-state index in [2.05, 4.69) is 5.32 Å². The van der Waals surface area contributed by atoms with Gasteiger partial charge >= 0.3 is 6.03 Å². The molecule has 1 N–H and O–H groups in total. The highest BCUT2D eigenvalue weighted by atomic mass is 35.5. The summed E-state index contributed by atoms with van der Waals surface area (Å²) in [5.74, 6) is -0.397. The lowest BCUT2D eigenvalue weighted by molar-refractivity contribution is -0.113. The monoisotopic (exact) mass is 344 g/mol. The summed E-state index contributed by atoms with van der Waals surface area (Å²) >= 11 is 7.57.